The van der Waals surface area contributed by atoms with Crippen molar-refractivity contribution in [2.24, 2.45) is 11.8 Å². The largest absolute Gasteiger partial charge is 0.508 e. The highest BCUT2D eigenvalue weighted by Gasteiger charge is 2.50. The predicted molar refractivity (Wildman–Crippen MR) is 218 cm³/mol. The third-order valence-electron chi connectivity index (χ3n) is 10.3. The predicted octanol–water partition coefficient (Wildman–Crippen LogP) is 11.5. The van der Waals surface area contributed by atoms with E-state index in [4.69, 9.17) is 4.74 Å². The van der Waals surface area contributed by atoms with E-state index < -0.39 is 0 Å². The van der Waals surface area contributed by atoms with Gasteiger partial charge in [-0.3, -0.25) is 9.59 Å². The van der Waals surface area contributed by atoms with Crippen molar-refractivity contribution in [2.45, 2.75) is 91.9 Å². The number of aromatic hydroxyl groups is 1. The van der Waals surface area contributed by atoms with E-state index in [2.05, 4.69) is 58.0 Å². The molecule has 6 rings (SSSR count). The van der Waals surface area contributed by atoms with Crippen LogP contribution in [0.3, 0.4) is 0 Å². The quantitative estimate of drug-likeness (QED) is 0.0912. The number of carbonyl (C=O) groups excluding carboxylic acids is 2. The van der Waals surface area contributed by atoms with Crippen molar-refractivity contribution in [3.63, 3.8) is 0 Å². The number of thiophene rings is 3. The molecule has 0 fully saturated rings. The molecular formula is C43H52N2O4S3. The monoisotopic (exact) mass is 756 g/mol. The van der Waals surface area contributed by atoms with Crippen molar-refractivity contribution in [1.29, 1.82) is 0 Å². The van der Waals surface area contributed by atoms with Gasteiger partial charge in [0.05, 0.1) is 38.9 Å². The van der Waals surface area contributed by atoms with Gasteiger partial charge in [0.25, 0.3) is 11.8 Å². The summed E-state index contributed by atoms with van der Waals surface area (Å²) in [6, 6.07) is 19.6. The van der Waals surface area contributed by atoms with Gasteiger partial charge in [0.15, 0.2) is 0 Å². The van der Waals surface area contributed by atoms with Crippen LogP contribution < -0.4 is 4.74 Å². The normalized spacial score (nSPS) is 15.7. The zero-order valence-corrected chi connectivity index (χ0v) is 33.4. The number of ether oxygens (including phenoxy) is 1. The Balaban J connectivity index is 1.31. The number of nitrogens with zero attached hydrogens (tertiary/aromatic N) is 2. The second kappa shape index (κ2) is 17.9. The van der Waals surface area contributed by atoms with Gasteiger partial charge in [-0.25, -0.2) is 0 Å². The number of phenolic OH excluding ortho intramolecular Hbond substituents is 1. The van der Waals surface area contributed by atoms with Gasteiger partial charge in [-0.2, -0.15) is 0 Å². The zero-order chi connectivity index (χ0) is 36.6. The smallest absolute Gasteiger partial charge is 0.261 e. The third kappa shape index (κ3) is 8.42. The number of hydrogen-bond donors (Lipinski definition) is 1. The summed E-state index contributed by atoms with van der Waals surface area (Å²) in [5.74, 6) is 1.69. The molecule has 6 nitrogen and oxygen atoms in total. The fraction of sp³-hybridized carbons (Fsp3) is 0.442. The Morgan fingerprint density at radius 1 is 0.673 bits per heavy atom. The number of hydrogen-bond acceptors (Lipinski definition) is 7. The molecule has 2 amide bonds. The van der Waals surface area contributed by atoms with Crippen molar-refractivity contribution in [3.05, 3.63) is 91.8 Å². The first-order valence-corrected chi connectivity index (χ1v) is 21.7. The molecule has 5 heterocycles. The van der Waals surface area contributed by atoms with Crippen LogP contribution in [0.4, 0.5) is 0 Å². The van der Waals surface area contributed by atoms with E-state index in [1.165, 1.54) is 9.75 Å². The standard InChI is InChI=1S/C43H52N2O4S3/c1-5-9-13-29(7-3)27-44-40(36-16-12-26-50-36)38-39(43(44)48)41(45(42(38)47)28-30(8-4)14-10-6-2)37-24-23-35(52-37)34-22-21-33(51-34)15-11-25-49-32-19-17-31(46)18-20-32/h12,16-24,26,29-30,46H,5-11,13-15,25,27-28H2,1-4H3. The molecule has 1 aromatic carbocycles. The van der Waals surface area contributed by atoms with E-state index in [0.717, 1.165) is 96.0 Å². The van der Waals surface area contributed by atoms with Crippen LogP contribution in [-0.4, -0.2) is 46.4 Å². The fourth-order valence-electron chi connectivity index (χ4n) is 7.24. The van der Waals surface area contributed by atoms with Crippen molar-refractivity contribution in [3.8, 4) is 21.3 Å². The molecule has 0 bridgehead atoms. The molecule has 2 atom stereocenters. The van der Waals surface area contributed by atoms with Crippen molar-refractivity contribution in [2.75, 3.05) is 19.7 Å². The highest BCUT2D eigenvalue weighted by molar-refractivity contribution is 7.22. The molecule has 0 radical (unpaired) electrons. The Kier molecular flexibility index (Phi) is 13.1. The summed E-state index contributed by atoms with van der Waals surface area (Å²) in [5, 5.41) is 11.6. The lowest BCUT2D eigenvalue weighted by Gasteiger charge is -2.29. The molecule has 0 saturated carbocycles. The van der Waals surface area contributed by atoms with Crippen molar-refractivity contribution < 1.29 is 19.4 Å². The van der Waals surface area contributed by atoms with E-state index in [0.29, 0.717) is 42.7 Å². The van der Waals surface area contributed by atoms with Crippen LogP contribution in [0.25, 0.3) is 21.1 Å². The molecule has 1 N–H and O–H groups in total. The lowest BCUT2D eigenvalue weighted by Crippen LogP contribution is -2.34. The maximum absolute atomic E-state index is 14.8. The number of benzene rings is 1. The van der Waals surface area contributed by atoms with Crippen LogP contribution in [0, 0.1) is 11.8 Å². The van der Waals surface area contributed by atoms with Gasteiger partial charge in [-0.15, -0.1) is 34.0 Å². The van der Waals surface area contributed by atoms with Crippen LogP contribution in [-0.2, 0) is 16.0 Å². The second-order valence-electron chi connectivity index (χ2n) is 14.0. The van der Waals surface area contributed by atoms with Gasteiger partial charge in [0.2, 0.25) is 0 Å². The number of aryl methyl sites for hydroxylation is 1. The van der Waals surface area contributed by atoms with E-state index in [1.54, 1.807) is 58.3 Å². The number of unbranched alkanes of at least 4 members (excludes halogenated alkanes) is 2. The molecule has 0 saturated heterocycles. The lowest BCUT2D eigenvalue weighted by molar-refractivity contribution is -0.124. The molecular weight excluding hydrogens is 705 g/mol. The van der Waals surface area contributed by atoms with E-state index in [9.17, 15) is 14.7 Å². The summed E-state index contributed by atoms with van der Waals surface area (Å²) in [6.07, 6.45) is 10.5. The SMILES string of the molecule is CCCCC(CC)CN1C(=O)C2=C(c3ccc(-c4ccc(CCCOc5ccc(O)cc5)s4)s3)N(CC(CC)CCCC)C(=O)C2=C1c1cccs1. The maximum atomic E-state index is 14.8. The molecule has 0 spiro atoms. The van der Waals surface area contributed by atoms with E-state index >= 15 is 0 Å². The summed E-state index contributed by atoms with van der Waals surface area (Å²) in [5.41, 5.74) is 2.81. The first-order valence-electron chi connectivity index (χ1n) is 19.1. The lowest BCUT2D eigenvalue weighted by atomic mass is 9.98. The fourth-order valence-corrected chi connectivity index (χ4v) is 10.2. The van der Waals surface area contributed by atoms with E-state index in [-0.39, 0.29) is 17.6 Å². The Bertz CT molecular complexity index is 1870. The number of carbonyl (C=O) groups is 2. The van der Waals surface area contributed by atoms with Crippen LogP contribution >= 0.6 is 34.0 Å². The summed E-state index contributed by atoms with van der Waals surface area (Å²) in [4.78, 5) is 39.1. The highest BCUT2D eigenvalue weighted by atomic mass is 32.1. The summed E-state index contributed by atoms with van der Waals surface area (Å²) >= 11 is 5.09. The van der Waals surface area contributed by atoms with Crippen LogP contribution in [0.15, 0.2) is 77.2 Å². The van der Waals surface area contributed by atoms with Gasteiger partial charge >= 0.3 is 0 Å². The zero-order valence-electron chi connectivity index (χ0n) is 31.0. The van der Waals surface area contributed by atoms with Gasteiger partial charge in [-0.1, -0.05) is 72.3 Å². The minimum absolute atomic E-state index is 0.0244. The van der Waals surface area contributed by atoms with Crippen LogP contribution in [0.5, 0.6) is 11.5 Å². The average molecular weight is 757 g/mol. The third-order valence-corrected chi connectivity index (χ3v) is 13.6. The summed E-state index contributed by atoms with van der Waals surface area (Å²) in [6.45, 7) is 10.7. The maximum Gasteiger partial charge on any atom is 0.261 e. The minimum Gasteiger partial charge on any atom is -0.508 e. The molecule has 3 aromatic heterocycles. The molecule has 2 aliphatic heterocycles. The van der Waals surface area contributed by atoms with Gasteiger partial charge in [0, 0.05) is 27.7 Å². The van der Waals surface area contributed by atoms with Crippen molar-refractivity contribution >= 4 is 57.2 Å². The molecule has 9 heteroatoms. The van der Waals surface area contributed by atoms with Crippen molar-refractivity contribution in [1.82, 2.24) is 9.80 Å². The first kappa shape index (κ1) is 38.1. The van der Waals surface area contributed by atoms with Gasteiger partial charge in [-0.05, 0) is 97.5 Å². The molecule has 2 aliphatic rings. The van der Waals surface area contributed by atoms with Crippen LogP contribution in [0.1, 0.15) is 100 Å². The average Bonchev–Trinajstić information content (AvgIpc) is 4.00. The number of phenols is 1. The molecule has 0 aliphatic carbocycles. The minimum atomic E-state index is -0.0244. The van der Waals surface area contributed by atoms with E-state index in [1.807, 2.05) is 21.2 Å². The Morgan fingerprint density at radius 2 is 1.25 bits per heavy atom. The highest BCUT2D eigenvalue weighted by Crippen LogP contribution is 2.50. The van der Waals surface area contributed by atoms with Gasteiger partial charge < -0.3 is 19.6 Å². The van der Waals surface area contributed by atoms with Gasteiger partial charge in [0.1, 0.15) is 11.5 Å². The Labute approximate surface area is 321 Å². The molecule has 4 aromatic rings. The number of rotatable bonds is 20. The number of amides is 2. The Hall–Kier alpha value is -3.66. The first-order chi connectivity index (χ1) is 25.4. The number of fused-ring (bicyclic) bond motifs is 1. The topological polar surface area (TPSA) is 70.1 Å². The molecule has 276 valence electrons. The molecule has 2 unspecified atom stereocenters. The Morgan fingerprint density at radius 3 is 1.83 bits per heavy atom. The second-order valence-corrected chi connectivity index (χ2v) is 17.2. The summed E-state index contributed by atoms with van der Waals surface area (Å²) < 4.78 is 5.86. The summed E-state index contributed by atoms with van der Waals surface area (Å²) in [7, 11) is 0. The van der Waals surface area contributed by atoms with Crippen LogP contribution in [0.2, 0.25) is 0 Å². The molecule has 52 heavy (non-hydrogen) atoms.